The van der Waals surface area contributed by atoms with E-state index in [9.17, 15) is 4.79 Å². The Morgan fingerprint density at radius 2 is 1.81 bits per heavy atom. The van der Waals surface area contributed by atoms with Crippen molar-refractivity contribution in [3.8, 4) is 17.2 Å². The molecule has 0 amide bonds. The van der Waals surface area contributed by atoms with Crippen molar-refractivity contribution in [3.63, 3.8) is 0 Å². The summed E-state index contributed by atoms with van der Waals surface area (Å²) in [6, 6.07) is 11.7. The van der Waals surface area contributed by atoms with Gasteiger partial charge in [-0.05, 0) is 30.7 Å². The van der Waals surface area contributed by atoms with E-state index in [1.54, 1.807) is 0 Å². The van der Waals surface area contributed by atoms with E-state index in [2.05, 4.69) is 6.07 Å². The molecule has 4 heteroatoms. The maximum absolute atomic E-state index is 11.9. The summed E-state index contributed by atoms with van der Waals surface area (Å²) in [5.41, 5.74) is 3.24. The number of fused-ring (bicyclic) bond motifs is 2. The Kier molecular flexibility index (Phi) is 2.64. The third-order valence-electron chi connectivity index (χ3n) is 3.93. The first-order valence-corrected chi connectivity index (χ1v) is 6.91. The Bertz CT molecular complexity index is 736. The summed E-state index contributed by atoms with van der Waals surface area (Å²) >= 11 is 0. The van der Waals surface area contributed by atoms with Crippen LogP contribution < -0.4 is 14.2 Å². The molecule has 0 spiro atoms. The standard InChI is InChI=1S/C17H14O4/c1-10-2-4-14-13(6-10)12(8-17(18)21-14)11-3-5-15-16(7-11)20-9-19-15/h2-7,12H,8-9H2,1H3. The summed E-state index contributed by atoms with van der Waals surface area (Å²) in [5.74, 6) is 1.94. The lowest BCUT2D eigenvalue weighted by Gasteiger charge is -2.25. The fourth-order valence-electron chi connectivity index (χ4n) is 2.90. The molecule has 2 aromatic carbocycles. The predicted octanol–water partition coefficient (Wildman–Crippen LogP) is 3.16. The Hall–Kier alpha value is -2.49. The van der Waals surface area contributed by atoms with Gasteiger partial charge in [0.05, 0.1) is 6.42 Å². The second-order valence-electron chi connectivity index (χ2n) is 5.38. The Morgan fingerprint density at radius 3 is 2.71 bits per heavy atom. The first kappa shape index (κ1) is 12.3. The topological polar surface area (TPSA) is 44.8 Å². The number of carbonyl (C=O) groups is 1. The first-order valence-electron chi connectivity index (χ1n) is 6.91. The summed E-state index contributed by atoms with van der Waals surface area (Å²) in [6.45, 7) is 2.29. The molecule has 0 aliphatic carbocycles. The van der Waals surface area contributed by atoms with Crippen molar-refractivity contribution in [2.75, 3.05) is 6.79 Å². The lowest BCUT2D eigenvalue weighted by molar-refractivity contribution is -0.135. The number of hydrogen-bond donors (Lipinski definition) is 0. The number of aryl methyl sites for hydroxylation is 1. The fourth-order valence-corrected chi connectivity index (χ4v) is 2.90. The van der Waals surface area contributed by atoms with Crippen LogP contribution >= 0.6 is 0 Å². The molecule has 106 valence electrons. The molecule has 0 saturated heterocycles. The lowest BCUT2D eigenvalue weighted by Crippen LogP contribution is -2.21. The zero-order valence-corrected chi connectivity index (χ0v) is 11.6. The number of ether oxygens (including phenoxy) is 3. The minimum atomic E-state index is -0.200. The molecule has 0 saturated carbocycles. The van der Waals surface area contributed by atoms with Crippen LogP contribution in [0.5, 0.6) is 17.2 Å². The molecule has 2 heterocycles. The van der Waals surface area contributed by atoms with Gasteiger partial charge in [-0.2, -0.15) is 0 Å². The van der Waals surface area contributed by atoms with Gasteiger partial charge in [-0.1, -0.05) is 23.8 Å². The fraction of sp³-hybridized carbons (Fsp3) is 0.235. The smallest absolute Gasteiger partial charge is 0.312 e. The summed E-state index contributed by atoms with van der Waals surface area (Å²) < 4.78 is 16.1. The van der Waals surface area contributed by atoms with E-state index in [1.165, 1.54) is 0 Å². The van der Waals surface area contributed by atoms with Crippen molar-refractivity contribution in [2.45, 2.75) is 19.3 Å². The van der Waals surface area contributed by atoms with Gasteiger partial charge >= 0.3 is 5.97 Å². The molecular formula is C17H14O4. The molecule has 1 unspecified atom stereocenters. The number of esters is 1. The average molecular weight is 282 g/mol. The number of rotatable bonds is 1. The molecule has 0 aromatic heterocycles. The van der Waals surface area contributed by atoms with Crippen LogP contribution in [0, 0.1) is 6.92 Å². The van der Waals surface area contributed by atoms with Crippen LogP contribution in [0.3, 0.4) is 0 Å². The van der Waals surface area contributed by atoms with Crippen molar-refractivity contribution in [1.82, 2.24) is 0 Å². The summed E-state index contributed by atoms with van der Waals surface area (Å²) in [5, 5.41) is 0. The van der Waals surface area contributed by atoms with E-state index in [0.717, 1.165) is 28.2 Å². The van der Waals surface area contributed by atoms with Gasteiger partial charge < -0.3 is 14.2 Å². The number of carbonyl (C=O) groups excluding carboxylic acids is 1. The van der Waals surface area contributed by atoms with Crippen molar-refractivity contribution in [3.05, 3.63) is 53.1 Å². The molecule has 1 atom stereocenters. The van der Waals surface area contributed by atoms with Gasteiger partial charge in [0.15, 0.2) is 11.5 Å². The molecule has 4 rings (SSSR count). The lowest BCUT2D eigenvalue weighted by atomic mass is 9.85. The Labute approximate surface area is 122 Å². The third kappa shape index (κ3) is 2.03. The molecule has 4 nitrogen and oxygen atoms in total. The minimum absolute atomic E-state index is 0.00403. The van der Waals surface area contributed by atoms with Crippen molar-refractivity contribution in [1.29, 1.82) is 0 Å². The normalized spacial score (nSPS) is 19.1. The quantitative estimate of drug-likeness (QED) is 0.595. The maximum Gasteiger partial charge on any atom is 0.312 e. The summed E-state index contributed by atoms with van der Waals surface area (Å²) in [7, 11) is 0. The molecule has 0 N–H and O–H groups in total. The van der Waals surface area contributed by atoms with Crippen LogP contribution in [-0.2, 0) is 4.79 Å². The Balaban J connectivity index is 1.82. The predicted molar refractivity (Wildman–Crippen MR) is 75.8 cm³/mol. The van der Waals surface area contributed by atoms with Crippen LogP contribution in [0.4, 0.5) is 0 Å². The highest BCUT2D eigenvalue weighted by molar-refractivity contribution is 5.77. The SMILES string of the molecule is Cc1ccc2c(c1)C(c1ccc3c(c1)OCO3)CC(=O)O2. The molecular weight excluding hydrogens is 268 g/mol. The van der Waals surface area contributed by atoms with E-state index in [0.29, 0.717) is 12.2 Å². The zero-order chi connectivity index (χ0) is 14.4. The second kappa shape index (κ2) is 4.52. The largest absolute Gasteiger partial charge is 0.454 e. The first-order chi connectivity index (χ1) is 10.2. The molecule has 0 bridgehead atoms. The second-order valence-corrected chi connectivity index (χ2v) is 5.38. The summed E-state index contributed by atoms with van der Waals surface area (Å²) in [6.07, 6.45) is 0.343. The van der Waals surface area contributed by atoms with Crippen molar-refractivity contribution in [2.24, 2.45) is 0 Å². The molecule has 0 fully saturated rings. The van der Waals surface area contributed by atoms with E-state index in [1.807, 2.05) is 37.3 Å². The van der Waals surface area contributed by atoms with Crippen molar-refractivity contribution < 1.29 is 19.0 Å². The van der Waals surface area contributed by atoms with E-state index in [-0.39, 0.29) is 18.7 Å². The molecule has 0 radical (unpaired) electrons. The van der Waals surface area contributed by atoms with E-state index >= 15 is 0 Å². The van der Waals surface area contributed by atoms with Crippen LogP contribution in [0.25, 0.3) is 0 Å². The number of hydrogen-bond acceptors (Lipinski definition) is 4. The van der Waals surface area contributed by atoms with Gasteiger partial charge in [-0.3, -0.25) is 4.79 Å². The monoisotopic (exact) mass is 282 g/mol. The maximum atomic E-state index is 11.9. The van der Waals surface area contributed by atoms with Gasteiger partial charge in [0.25, 0.3) is 0 Å². The highest BCUT2D eigenvalue weighted by atomic mass is 16.7. The number of benzene rings is 2. The van der Waals surface area contributed by atoms with Gasteiger partial charge in [0.1, 0.15) is 5.75 Å². The molecule has 2 aliphatic heterocycles. The molecule has 21 heavy (non-hydrogen) atoms. The third-order valence-corrected chi connectivity index (χ3v) is 3.93. The highest BCUT2D eigenvalue weighted by Crippen LogP contribution is 2.42. The van der Waals surface area contributed by atoms with Gasteiger partial charge in [0, 0.05) is 11.5 Å². The van der Waals surface area contributed by atoms with Crippen LogP contribution in [-0.4, -0.2) is 12.8 Å². The van der Waals surface area contributed by atoms with Crippen molar-refractivity contribution >= 4 is 5.97 Å². The molecule has 2 aliphatic rings. The highest BCUT2D eigenvalue weighted by Gasteiger charge is 2.29. The Morgan fingerprint density at radius 1 is 1.00 bits per heavy atom. The van der Waals surface area contributed by atoms with Crippen LogP contribution in [0.2, 0.25) is 0 Å². The van der Waals surface area contributed by atoms with Gasteiger partial charge in [0.2, 0.25) is 6.79 Å². The van der Waals surface area contributed by atoms with Gasteiger partial charge in [-0.15, -0.1) is 0 Å². The minimum Gasteiger partial charge on any atom is -0.454 e. The van der Waals surface area contributed by atoms with Crippen LogP contribution in [0.1, 0.15) is 29.0 Å². The zero-order valence-electron chi connectivity index (χ0n) is 11.6. The summed E-state index contributed by atoms with van der Waals surface area (Å²) in [4.78, 5) is 11.9. The van der Waals surface area contributed by atoms with Gasteiger partial charge in [-0.25, -0.2) is 0 Å². The molecule has 2 aromatic rings. The van der Waals surface area contributed by atoms with E-state index in [4.69, 9.17) is 14.2 Å². The average Bonchev–Trinajstić information content (AvgIpc) is 2.94. The van der Waals surface area contributed by atoms with E-state index < -0.39 is 0 Å². The van der Waals surface area contributed by atoms with Crippen LogP contribution in [0.15, 0.2) is 36.4 Å².